The molecule has 154 valence electrons. The van der Waals surface area contributed by atoms with Gasteiger partial charge in [0.05, 0.1) is 0 Å². The van der Waals surface area contributed by atoms with Crippen LogP contribution in [-0.2, 0) is 9.59 Å². The van der Waals surface area contributed by atoms with Crippen LogP contribution in [0.1, 0.15) is 5.56 Å². The molecule has 0 saturated carbocycles. The molecule has 1 saturated heterocycles. The van der Waals surface area contributed by atoms with Gasteiger partial charge in [0, 0.05) is 5.69 Å². The molecule has 0 aromatic heterocycles. The molecular formula is C24H18FN3O3. The summed E-state index contributed by atoms with van der Waals surface area (Å²) in [5.74, 6) is -1.59. The minimum absolute atomic E-state index is 0.0899. The third kappa shape index (κ3) is 4.67. The van der Waals surface area contributed by atoms with E-state index in [1.54, 1.807) is 6.08 Å². The van der Waals surface area contributed by atoms with Gasteiger partial charge >= 0.3 is 6.03 Å². The molecule has 0 aliphatic carbocycles. The first kappa shape index (κ1) is 20.0. The van der Waals surface area contributed by atoms with Gasteiger partial charge in [0.2, 0.25) is 5.91 Å². The van der Waals surface area contributed by atoms with Crippen molar-refractivity contribution in [2.75, 3.05) is 11.9 Å². The Kier molecular flexibility index (Phi) is 5.57. The van der Waals surface area contributed by atoms with Crippen molar-refractivity contribution in [2.45, 2.75) is 0 Å². The fraction of sp³-hybridized carbons (Fsp3) is 0.0417. The van der Waals surface area contributed by atoms with Gasteiger partial charge in [-0.25, -0.2) is 14.1 Å². The molecule has 7 heteroatoms. The summed E-state index contributed by atoms with van der Waals surface area (Å²) in [6.07, 6.45) is 1.56. The number of nitrogens with zero attached hydrogens (tertiary/aromatic N) is 1. The van der Waals surface area contributed by atoms with Gasteiger partial charge in [-0.05, 0) is 47.0 Å². The van der Waals surface area contributed by atoms with Gasteiger partial charge in [-0.2, -0.15) is 0 Å². The van der Waals surface area contributed by atoms with Crippen molar-refractivity contribution in [3.05, 3.63) is 95.9 Å². The third-order valence-corrected chi connectivity index (χ3v) is 4.72. The number of rotatable bonds is 5. The highest BCUT2D eigenvalue weighted by atomic mass is 19.1. The Morgan fingerprint density at radius 2 is 1.55 bits per heavy atom. The number of imide groups is 1. The van der Waals surface area contributed by atoms with Crippen molar-refractivity contribution in [3.63, 3.8) is 0 Å². The number of hydrogen-bond donors (Lipinski definition) is 2. The van der Waals surface area contributed by atoms with E-state index in [1.807, 2.05) is 54.6 Å². The Morgan fingerprint density at radius 3 is 2.23 bits per heavy atom. The van der Waals surface area contributed by atoms with Crippen LogP contribution >= 0.6 is 0 Å². The maximum absolute atomic E-state index is 13.0. The lowest BCUT2D eigenvalue weighted by atomic mass is 10.0. The normalized spacial score (nSPS) is 14.6. The molecule has 0 unspecified atom stereocenters. The number of nitrogens with one attached hydrogen (secondary N) is 2. The van der Waals surface area contributed by atoms with E-state index in [4.69, 9.17) is 0 Å². The molecule has 2 N–H and O–H groups in total. The van der Waals surface area contributed by atoms with Crippen LogP contribution in [0.5, 0.6) is 0 Å². The third-order valence-electron chi connectivity index (χ3n) is 4.72. The number of anilines is 1. The van der Waals surface area contributed by atoms with Gasteiger partial charge in [-0.15, -0.1) is 0 Å². The van der Waals surface area contributed by atoms with Crippen LogP contribution in [-0.4, -0.2) is 29.3 Å². The van der Waals surface area contributed by atoms with E-state index in [-0.39, 0.29) is 5.70 Å². The largest absolute Gasteiger partial charge is 0.329 e. The second-order valence-electron chi connectivity index (χ2n) is 6.92. The zero-order valence-corrected chi connectivity index (χ0v) is 16.3. The predicted octanol–water partition coefficient (Wildman–Crippen LogP) is 4.02. The molecule has 4 amide bonds. The van der Waals surface area contributed by atoms with Crippen LogP contribution in [0.25, 0.3) is 17.2 Å². The van der Waals surface area contributed by atoms with Crippen LogP contribution in [0.15, 0.2) is 84.6 Å². The highest BCUT2D eigenvalue weighted by Crippen LogP contribution is 2.21. The highest BCUT2D eigenvalue weighted by Gasteiger charge is 2.34. The summed E-state index contributed by atoms with van der Waals surface area (Å²) >= 11 is 0. The summed E-state index contributed by atoms with van der Waals surface area (Å²) in [4.78, 5) is 37.8. The molecule has 1 aliphatic rings. The van der Waals surface area contributed by atoms with E-state index >= 15 is 0 Å². The fourth-order valence-electron chi connectivity index (χ4n) is 3.16. The lowest BCUT2D eigenvalue weighted by Gasteiger charge is -2.11. The molecule has 1 fully saturated rings. The average molecular weight is 415 g/mol. The van der Waals surface area contributed by atoms with Crippen LogP contribution in [0.4, 0.5) is 14.9 Å². The van der Waals surface area contributed by atoms with E-state index in [1.165, 1.54) is 24.3 Å². The van der Waals surface area contributed by atoms with Gasteiger partial charge in [0.1, 0.15) is 18.1 Å². The molecule has 0 atom stereocenters. The number of urea groups is 1. The molecule has 3 aromatic rings. The number of amides is 4. The summed E-state index contributed by atoms with van der Waals surface area (Å²) in [6, 6.07) is 21.9. The van der Waals surface area contributed by atoms with Gasteiger partial charge in [0.25, 0.3) is 5.91 Å². The predicted molar refractivity (Wildman–Crippen MR) is 115 cm³/mol. The molecule has 0 radical (unpaired) electrons. The Morgan fingerprint density at radius 1 is 0.903 bits per heavy atom. The summed E-state index contributed by atoms with van der Waals surface area (Å²) < 4.78 is 13.0. The smallest absolute Gasteiger partial charge is 0.325 e. The Balaban J connectivity index is 1.43. The maximum Gasteiger partial charge on any atom is 0.329 e. The summed E-state index contributed by atoms with van der Waals surface area (Å²) in [5, 5.41) is 5.02. The number of hydrogen-bond acceptors (Lipinski definition) is 3. The van der Waals surface area contributed by atoms with Gasteiger partial charge in [-0.1, -0.05) is 54.6 Å². The second-order valence-corrected chi connectivity index (χ2v) is 6.92. The van der Waals surface area contributed by atoms with Crippen LogP contribution < -0.4 is 10.6 Å². The van der Waals surface area contributed by atoms with E-state index in [0.717, 1.165) is 21.6 Å². The van der Waals surface area contributed by atoms with Gasteiger partial charge < -0.3 is 10.6 Å². The zero-order chi connectivity index (χ0) is 21.8. The second kappa shape index (κ2) is 8.62. The van der Waals surface area contributed by atoms with E-state index in [0.29, 0.717) is 5.69 Å². The number of carbonyl (C=O) groups excluding carboxylic acids is 3. The summed E-state index contributed by atoms with van der Waals surface area (Å²) in [5.41, 5.74) is 3.30. The molecule has 31 heavy (non-hydrogen) atoms. The maximum atomic E-state index is 13.0. The zero-order valence-electron chi connectivity index (χ0n) is 16.3. The van der Waals surface area contributed by atoms with E-state index < -0.39 is 30.2 Å². The van der Waals surface area contributed by atoms with E-state index in [2.05, 4.69) is 10.6 Å². The van der Waals surface area contributed by atoms with Gasteiger partial charge in [-0.3, -0.25) is 9.59 Å². The number of benzene rings is 3. The number of halogens is 1. The van der Waals surface area contributed by atoms with Crippen molar-refractivity contribution in [1.82, 2.24) is 10.2 Å². The van der Waals surface area contributed by atoms with Crippen molar-refractivity contribution in [3.8, 4) is 11.1 Å². The molecule has 1 aliphatic heterocycles. The number of carbonyl (C=O) groups is 3. The Bertz CT molecular complexity index is 1160. The average Bonchev–Trinajstić information content (AvgIpc) is 3.04. The molecule has 3 aromatic carbocycles. The first-order chi connectivity index (χ1) is 15.0. The topological polar surface area (TPSA) is 78.5 Å². The standard InChI is InChI=1S/C24H18FN3O3/c25-19-10-12-20(13-11-19)26-22(29)15-28-23(30)21(27-24(28)31)14-16-6-8-18(9-7-16)17-4-2-1-3-5-17/h1-14H,15H2,(H,26,29)(H,27,31)/b21-14-. The first-order valence-electron chi connectivity index (χ1n) is 9.55. The molecule has 4 rings (SSSR count). The minimum Gasteiger partial charge on any atom is -0.325 e. The van der Waals surface area contributed by atoms with Crippen molar-refractivity contribution in [2.24, 2.45) is 0 Å². The lowest BCUT2D eigenvalue weighted by molar-refractivity contribution is -0.127. The SMILES string of the molecule is O=C(CN1C(=O)N/C(=C\c2ccc(-c3ccccc3)cc2)C1=O)Nc1ccc(F)cc1. The van der Waals surface area contributed by atoms with E-state index in [9.17, 15) is 18.8 Å². The first-order valence-corrected chi connectivity index (χ1v) is 9.55. The van der Waals surface area contributed by atoms with Crippen molar-refractivity contribution >= 4 is 29.6 Å². The molecule has 1 heterocycles. The van der Waals surface area contributed by atoms with Crippen LogP contribution in [0, 0.1) is 5.82 Å². The monoisotopic (exact) mass is 415 g/mol. The van der Waals surface area contributed by atoms with Crippen molar-refractivity contribution < 1.29 is 18.8 Å². The fourth-order valence-corrected chi connectivity index (χ4v) is 3.16. The quantitative estimate of drug-likeness (QED) is 0.488. The molecular weight excluding hydrogens is 397 g/mol. The Labute approximate surface area is 178 Å². The summed E-state index contributed by atoms with van der Waals surface area (Å²) in [7, 11) is 0. The minimum atomic E-state index is -0.675. The van der Waals surface area contributed by atoms with Crippen LogP contribution in [0.3, 0.4) is 0 Å². The van der Waals surface area contributed by atoms with Crippen molar-refractivity contribution in [1.29, 1.82) is 0 Å². The molecule has 6 nitrogen and oxygen atoms in total. The van der Waals surface area contributed by atoms with Gasteiger partial charge in [0.15, 0.2) is 0 Å². The Hall–Kier alpha value is -4.26. The molecule has 0 spiro atoms. The highest BCUT2D eigenvalue weighted by molar-refractivity contribution is 6.15. The molecule has 0 bridgehead atoms. The lowest BCUT2D eigenvalue weighted by Crippen LogP contribution is -2.38. The summed E-state index contributed by atoms with van der Waals surface area (Å²) in [6.45, 7) is -0.452. The van der Waals surface area contributed by atoms with Crippen LogP contribution in [0.2, 0.25) is 0 Å².